The summed E-state index contributed by atoms with van der Waals surface area (Å²) in [6.45, 7) is 0.313. The van der Waals surface area contributed by atoms with Crippen LogP contribution in [-0.2, 0) is 10.9 Å². The first-order valence-electron chi connectivity index (χ1n) is 6.31. The van der Waals surface area contributed by atoms with Crippen molar-refractivity contribution in [1.82, 2.24) is 4.90 Å². The Labute approximate surface area is 119 Å². The van der Waals surface area contributed by atoms with Gasteiger partial charge in [0.05, 0.1) is 30.4 Å². The van der Waals surface area contributed by atoms with Crippen LogP contribution in [0.3, 0.4) is 0 Å². The van der Waals surface area contributed by atoms with E-state index >= 15 is 0 Å². The van der Waals surface area contributed by atoms with Crippen molar-refractivity contribution in [2.75, 3.05) is 32.0 Å². The van der Waals surface area contributed by atoms with Crippen molar-refractivity contribution in [3.05, 3.63) is 29.3 Å². The summed E-state index contributed by atoms with van der Waals surface area (Å²) in [5.74, 6) is -0.597. The summed E-state index contributed by atoms with van der Waals surface area (Å²) in [6.07, 6.45) is -5.07. The van der Waals surface area contributed by atoms with E-state index in [9.17, 15) is 18.0 Å². The second-order valence-corrected chi connectivity index (χ2v) is 4.73. The number of benzene rings is 1. The van der Waals surface area contributed by atoms with Gasteiger partial charge in [-0.1, -0.05) is 0 Å². The summed E-state index contributed by atoms with van der Waals surface area (Å²) in [7, 11) is 0. The number of nitrogen functional groups attached to an aromatic ring is 1. The minimum absolute atomic E-state index is 0.0139. The number of aliphatic hydroxyl groups is 1. The molecule has 1 aromatic rings. The minimum atomic E-state index is -4.54. The molecule has 0 spiro atoms. The van der Waals surface area contributed by atoms with Gasteiger partial charge in [-0.3, -0.25) is 4.79 Å². The molecule has 1 amide bonds. The first-order valence-corrected chi connectivity index (χ1v) is 6.31. The summed E-state index contributed by atoms with van der Waals surface area (Å²) in [5.41, 5.74) is 4.48. The largest absolute Gasteiger partial charge is 0.416 e. The molecule has 8 heteroatoms. The number of carbonyl (C=O) groups excluding carboxylic acids is 1. The van der Waals surface area contributed by atoms with Crippen LogP contribution in [0.5, 0.6) is 0 Å². The lowest BCUT2D eigenvalue weighted by molar-refractivity contribution is -0.137. The van der Waals surface area contributed by atoms with Crippen LogP contribution in [-0.4, -0.2) is 48.3 Å². The van der Waals surface area contributed by atoms with Crippen molar-refractivity contribution in [3.8, 4) is 0 Å². The average Bonchev–Trinajstić information content (AvgIpc) is 2.46. The summed E-state index contributed by atoms with van der Waals surface area (Å²) in [6, 6.07) is 2.66. The molecule has 1 aliphatic heterocycles. The van der Waals surface area contributed by atoms with Gasteiger partial charge in [0, 0.05) is 18.8 Å². The number of aliphatic hydroxyl groups excluding tert-OH is 1. The van der Waals surface area contributed by atoms with Crippen molar-refractivity contribution >= 4 is 11.6 Å². The molecule has 0 aliphatic carbocycles. The number of alkyl halides is 3. The summed E-state index contributed by atoms with van der Waals surface area (Å²) >= 11 is 0. The molecule has 0 aromatic heterocycles. The van der Waals surface area contributed by atoms with Gasteiger partial charge in [0.15, 0.2) is 0 Å². The molecule has 1 heterocycles. The maximum Gasteiger partial charge on any atom is 0.416 e. The Morgan fingerprint density at radius 3 is 2.81 bits per heavy atom. The molecule has 1 atom stereocenters. The Morgan fingerprint density at radius 1 is 1.48 bits per heavy atom. The minimum Gasteiger partial charge on any atom is -0.398 e. The van der Waals surface area contributed by atoms with Crippen molar-refractivity contribution in [2.24, 2.45) is 0 Å². The topological polar surface area (TPSA) is 75.8 Å². The molecule has 1 unspecified atom stereocenters. The highest BCUT2D eigenvalue weighted by Gasteiger charge is 2.33. The van der Waals surface area contributed by atoms with Crippen LogP contribution < -0.4 is 5.73 Å². The Morgan fingerprint density at radius 2 is 2.19 bits per heavy atom. The van der Waals surface area contributed by atoms with Crippen molar-refractivity contribution < 1.29 is 27.8 Å². The maximum absolute atomic E-state index is 12.7. The number of morpholine rings is 1. The maximum atomic E-state index is 12.7. The number of rotatable bonds is 2. The van der Waals surface area contributed by atoms with E-state index in [4.69, 9.17) is 15.6 Å². The van der Waals surface area contributed by atoms with Gasteiger partial charge in [-0.25, -0.2) is 0 Å². The summed E-state index contributed by atoms with van der Waals surface area (Å²) in [5, 5.41) is 9.03. The Balaban J connectivity index is 2.26. The van der Waals surface area contributed by atoms with Gasteiger partial charge in [0.25, 0.3) is 5.91 Å². The number of carbonyl (C=O) groups is 1. The predicted molar refractivity (Wildman–Crippen MR) is 68.6 cm³/mol. The fourth-order valence-electron chi connectivity index (χ4n) is 2.10. The standard InChI is InChI=1S/C13H15F3N2O3/c14-13(15,16)8-1-2-11(17)10(5-8)12(20)18-3-4-21-9(6-18)7-19/h1-2,5,9,19H,3-4,6-7,17H2. The van der Waals surface area contributed by atoms with E-state index in [0.717, 1.165) is 18.2 Å². The molecule has 21 heavy (non-hydrogen) atoms. The normalized spacial score (nSPS) is 19.6. The molecule has 0 radical (unpaired) electrons. The lowest BCUT2D eigenvalue weighted by Gasteiger charge is -2.32. The van der Waals surface area contributed by atoms with Crippen molar-refractivity contribution in [2.45, 2.75) is 12.3 Å². The molecule has 1 aliphatic rings. The first-order chi connectivity index (χ1) is 9.82. The van der Waals surface area contributed by atoms with Crippen LogP contribution in [0, 0.1) is 0 Å². The zero-order chi connectivity index (χ0) is 15.6. The fourth-order valence-corrected chi connectivity index (χ4v) is 2.10. The first kappa shape index (κ1) is 15.6. The average molecular weight is 304 g/mol. The molecular weight excluding hydrogens is 289 g/mol. The lowest BCUT2D eigenvalue weighted by atomic mass is 10.1. The van der Waals surface area contributed by atoms with E-state index < -0.39 is 23.8 Å². The molecule has 5 nitrogen and oxygen atoms in total. The zero-order valence-electron chi connectivity index (χ0n) is 11.1. The van der Waals surface area contributed by atoms with Gasteiger partial charge >= 0.3 is 6.18 Å². The van der Waals surface area contributed by atoms with Gasteiger partial charge in [0.1, 0.15) is 0 Å². The van der Waals surface area contributed by atoms with Gasteiger partial charge in [0.2, 0.25) is 0 Å². The molecule has 1 fully saturated rings. The highest BCUT2D eigenvalue weighted by molar-refractivity contribution is 5.99. The molecule has 1 aromatic carbocycles. The highest BCUT2D eigenvalue weighted by Crippen LogP contribution is 2.31. The smallest absolute Gasteiger partial charge is 0.398 e. The van der Waals surface area contributed by atoms with Crippen LogP contribution >= 0.6 is 0 Å². The molecule has 0 saturated carbocycles. The molecular formula is C13H15F3N2O3. The summed E-state index contributed by atoms with van der Waals surface area (Å²) in [4.78, 5) is 13.6. The second kappa shape index (κ2) is 5.90. The van der Waals surface area contributed by atoms with E-state index in [1.54, 1.807) is 0 Å². The molecule has 0 bridgehead atoms. The third kappa shape index (κ3) is 3.45. The van der Waals surface area contributed by atoms with E-state index in [2.05, 4.69) is 0 Å². The number of nitrogens with two attached hydrogens (primary N) is 1. The molecule has 2 rings (SSSR count). The number of hydrogen-bond donors (Lipinski definition) is 2. The second-order valence-electron chi connectivity index (χ2n) is 4.73. The number of hydrogen-bond acceptors (Lipinski definition) is 4. The van der Waals surface area contributed by atoms with E-state index in [1.165, 1.54) is 4.90 Å². The van der Waals surface area contributed by atoms with Crippen LogP contribution in [0.1, 0.15) is 15.9 Å². The summed E-state index contributed by atoms with van der Waals surface area (Å²) < 4.78 is 43.3. The lowest BCUT2D eigenvalue weighted by Crippen LogP contribution is -2.47. The van der Waals surface area contributed by atoms with Crippen LogP contribution in [0.25, 0.3) is 0 Å². The van der Waals surface area contributed by atoms with Crippen molar-refractivity contribution in [1.29, 1.82) is 0 Å². The van der Waals surface area contributed by atoms with Crippen molar-refractivity contribution in [3.63, 3.8) is 0 Å². The van der Waals surface area contributed by atoms with Crippen LogP contribution in [0.4, 0.5) is 18.9 Å². The Kier molecular flexibility index (Phi) is 4.38. The number of ether oxygens (including phenoxy) is 1. The molecule has 1 saturated heterocycles. The Hall–Kier alpha value is -1.80. The van der Waals surface area contributed by atoms with Crippen LogP contribution in [0.2, 0.25) is 0 Å². The SMILES string of the molecule is Nc1ccc(C(F)(F)F)cc1C(=O)N1CCOC(CO)C1. The van der Waals surface area contributed by atoms with Gasteiger partial charge in [-0.2, -0.15) is 13.2 Å². The number of anilines is 1. The number of amides is 1. The van der Waals surface area contributed by atoms with Gasteiger partial charge in [-0.05, 0) is 18.2 Å². The number of nitrogens with zero attached hydrogens (tertiary/aromatic N) is 1. The fraction of sp³-hybridized carbons (Fsp3) is 0.462. The van der Waals surface area contributed by atoms with Gasteiger partial charge < -0.3 is 20.5 Å². The molecule has 3 N–H and O–H groups in total. The third-order valence-corrected chi connectivity index (χ3v) is 3.24. The zero-order valence-corrected chi connectivity index (χ0v) is 11.1. The number of halogens is 3. The predicted octanol–water partition coefficient (Wildman–Crippen LogP) is 1.12. The monoisotopic (exact) mass is 304 g/mol. The quantitative estimate of drug-likeness (QED) is 0.803. The Bertz CT molecular complexity index is 534. The third-order valence-electron chi connectivity index (χ3n) is 3.24. The van der Waals surface area contributed by atoms with E-state index in [0.29, 0.717) is 0 Å². The highest BCUT2D eigenvalue weighted by atomic mass is 19.4. The molecule has 116 valence electrons. The van der Waals surface area contributed by atoms with Crippen LogP contribution in [0.15, 0.2) is 18.2 Å². The van der Waals surface area contributed by atoms with E-state index in [-0.39, 0.29) is 37.6 Å². The van der Waals surface area contributed by atoms with E-state index in [1.807, 2.05) is 0 Å². The van der Waals surface area contributed by atoms with Gasteiger partial charge in [-0.15, -0.1) is 0 Å².